The first kappa shape index (κ1) is 22.5. The van der Waals surface area contributed by atoms with Crippen molar-refractivity contribution >= 4 is 40.7 Å². The number of hydrogen-bond acceptors (Lipinski definition) is 4. The van der Waals surface area contributed by atoms with Crippen LogP contribution in [0.3, 0.4) is 0 Å². The first-order chi connectivity index (χ1) is 15.5. The Bertz CT molecular complexity index is 1270. The number of aromatic nitrogens is 2. The van der Waals surface area contributed by atoms with Gasteiger partial charge < -0.3 is 5.32 Å². The quantitative estimate of drug-likeness (QED) is 0.522. The molecule has 0 atom stereocenters. The summed E-state index contributed by atoms with van der Waals surface area (Å²) in [6, 6.07) is 8.70. The molecule has 2 aromatic carbocycles. The number of carbonyl (C=O) groups is 2. The summed E-state index contributed by atoms with van der Waals surface area (Å²) >= 11 is 5.85. The van der Waals surface area contributed by atoms with Crippen LogP contribution in [0.5, 0.6) is 0 Å². The average molecular weight is 476 g/mol. The lowest BCUT2D eigenvalue weighted by atomic mass is 10.1. The molecule has 1 aliphatic heterocycles. The van der Waals surface area contributed by atoms with Gasteiger partial charge in [0.15, 0.2) is 0 Å². The molecule has 170 valence electrons. The monoisotopic (exact) mass is 475 g/mol. The average Bonchev–Trinajstić information content (AvgIpc) is 2.77. The minimum absolute atomic E-state index is 0.0253. The van der Waals surface area contributed by atoms with E-state index in [0.717, 1.165) is 17.7 Å². The van der Waals surface area contributed by atoms with Crippen LogP contribution in [0.15, 0.2) is 48.7 Å². The van der Waals surface area contributed by atoms with E-state index in [4.69, 9.17) is 11.6 Å². The third kappa shape index (κ3) is 4.47. The van der Waals surface area contributed by atoms with Gasteiger partial charge in [0.25, 0.3) is 5.91 Å². The molecular formula is C22H17ClF3N5O2. The van der Waals surface area contributed by atoms with Crippen molar-refractivity contribution in [2.75, 3.05) is 22.2 Å². The minimum atomic E-state index is -4.56. The predicted molar refractivity (Wildman–Crippen MR) is 118 cm³/mol. The van der Waals surface area contributed by atoms with E-state index in [-0.39, 0.29) is 23.4 Å². The maximum atomic E-state index is 13.0. The van der Waals surface area contributed by atoms with Gasteiger partial charge in [-0.25, -0.2) is 9.78 Å². The number of carbonyl (C=O) groups excluding carboxylic acids is 2. The number of fused-ring (bicyclic) bond motifs is 1. The molecule has 3 amide bonds. The van der Waals surface area contributed by atoms with Crippen molar-refractivity contribution in [2.24, 2.45) is 0 Å². The van der Waals surface area contributed by atoms with Gasteiger partial charge in [0.1, 0.15) is 5.82 Å². The van der Waals surface area contributed by atoms with Gasteiger partial charge in [0.2, 0.25) is 5.28 Å². The Kier molecular flexibility index (Phi) is 5.71. The number of aryl methyl sites for hydroxylation is 1. The van der Waals surface area contributed by atoms with Gasteiger partial charge in [-0.3, -0.25) is 14.6 Å². The molecule has 2 heterocycles. The number of rotatable bonds is 3. The summed E-state index contributed by atoms with van der Waals surface area (Å²) in [4.78, 5) is 36.5. The molecule has 4 rings (SSSR count). The number of halogens is 4. The number of hydrogen-bond donors (Lipinski definition) is 1. The van der Waals surface area contributed by atoms with Crippen molar-refractivity contribution in [3.8, 4) is 0 Å². The number of benzene rings is 2. The van der Waals surface area contributed by atoms with Crippen LogP contribution in [-0.2, 0) is 12.7 Å². The molecule has 0 aliphatic carbocycles. The van der Waals surface area contributed by atoms with Crippen molar-refractivity contribution in [3.63, 3.8) is 0 Å². The standard InChI is InChI=1S/C22H17ClF3N5O2/c1-12-6-7-16(28-19(32)13-4-3-5-15(8-13)22(24,25)26)9-17(12)31-11-14-10-27-20(23)29-18(14)30(2)21(31)33/h3-10H,11H2,1-2H3,(H,28,32). The van der Waals surface area contributed by atoms with Crippen molar-refractivity contribution in [1.82, 2.24) is 9.97 Å². The minimum Gasteiger partial charge on any atom is -0.322 e. The fourth-order valence-electron chi connectivity index (χ4n) is 3.49. The number of nitrogens with one attached hydrogen (secondary N) is 1. The van der Waals surface area contributed by atoms with E-state index in [0.29, 0.717) is 22.8 Å². The Morgan fingerprint density at radius 3 is 2.67 bits per heavy atom. The lowest BCUT2D eigenvalue weighted by molar-refractivity contribution is -0.137. The number of anilines is 3. The Hall–Kier alpha value is -3.66. The molecule has 0 saturated heterocycles. The molecule has 1 aromatic heterocycles. The first-order valence-corrected chi connectivity index (χ1v) is 10.1. The van der Waals surface area contributed by atoms with Crippen LogP contribution in [0.25, 0.3) is 0 Å². The highest BCUT2D eigenvalue weighted by atomic mass is 35.5. The van der Waals surface area contributed by atoms with Gasteiger partial charge in [-0.15, -0.1) is 0 Å². The van der Waals surface area contributed by atoms with Crippen LogP contribution in [0, 0.1) is 6.92 Å². The molecule has 33 heavy (non-hydrogen) atoms. The summed E-state index contributed by atoms with van der Waals surface area (Å²) in [6.07, 6.45) is -3.02. The smallest absolute Gasteiger partial charge is 0.322 e. The molecule has 0 spiro atoms. The Labute approximate surface area is 191 Å². The Balaban J connectivity index is 1.62. The highest BCUT2D eigenvalue weighted by molar-refractivity contribution is 6.28. The second kappa shape index (κ2) is 8.36. The van der Waals surface area contributed by atoms with Gasteiger partial charge in [-0.1, -0.05) is 12.1 Å². The number of urea groups is 1. The van der Waals surface area contributed by atoms with Gasteiger partial charge >= 0.3 is 12.2 Å². The maximum absolute atomic E-state index is 13.0. The third-order valence-corrected chi connectivity index (χ3v) is 5.37. The Morgan fingerprint density at radius 2 is 1.94 bits per heavy atom. The van der Waals surface area contributed by atoms with E-state index in [1.165, 1.54) is 28.1 Å². The number of nitrogens with zero attached hydrogens (tertiary/aromatic N) is 4. The SMILES string of the molecule is Cc1ccc(NC(=O)c2cccc(C(F)(F)F)c2)cc1N1Cc2cnc(Cl)nc2N(C)C1=O. The van der Waals surface area contributed by atoms with Crippen molar-refractivity contribution in [2.45, 2.75) is 19.6 Å². The molecule has 3 aromatic rings. The molecule has 1 N–H and O–H groups in total. The van der Waals surface area contributed by atoms with E-state index >= 15 is 0 Å². The zero-order chi connectivity index (χ0) is 23.9. The second-order valence-corrected chi connectivity index (χ2v) is 7.79. The van der Waals surface area contributed by atoms with Gasteiger partial charge in [0.05, 0.1) is 17.8 Å². The topological polar surface area (TPSA) is 78.4 Å². The number of alkyl halides is 3. The zero-order valence-electron chi connectivity index (χ0n) is 17.4. The van der Waals surface area contributed by atoms with Crippen molar-refractivity contribution in [1.29, 1.82) is 0 Å². The highest BCUT2D eigenvalue weighted by Crippen LogP contribution is 2.33. The molecule has 7 nitrogen and oxygen atoms in total. The normalized spacial score (nSPS) is 13.7. The van der Waals surface area contributed by atoms with E-state index in [1.54, 1.807) is 32.2 Å². The van der Waals surface area contributed by atoms with Crippen LogP contribution < -0.4 is 15.1 Å². The summed E-state index contributed by atoms with van der Waals surface area (Å²) in [6.45, 7) is 1.98. The maximum Gasteiger partial charge on any atom is 0.416 e. The second-order valence-electron chi connectivity index (χ2n) is 7.45. The fraction of sp³-hybridized carbons (Fsp3) is 0.182. The highest BCUT2D eigenvalue weighted by Gasteiger charge is 2.32. The number of amides is 3. The summed E-state index contributed by atoms with van der Waals surface area (Å²) in [5.41, 5.74) is 1.23. The lowest BCUT2D eigenvalue weighted by Crippen LogP contribution is -2.46. The molecule has 0 fully saturated rings. The van der Waals surface area contributed by atoms with Gasteiger partial charge in [-0.05, 0) is 54.4 Å². The largest absolute Gasteiger partial charge is 0.416 e. The van der Waals surface area contributed by atoms with Crippen LogP contribution in [0.2, 0.25) is 5.28 Å². The molecule has 1 aliphatic rings. The predicted octanol–water partition coefficient (Wildman–Crippen LogP) is 5.29. The molecule has 0 saturated carbocycles. The van der Waals surface area contributed by atoms with E-state index in [1.807, 2.05) is 0 Å². The summed E-state index contributed by atoms with van der Waals surface area (Å²) < 4.78 is 38.9. The van der Waals surface area contributed by atoms with Crippen molar-refractivity contribution < 1.29 is 22.8 Å². The molecule has 0 radical (unpaired) electrons. The van der Waals surface area contributed by atoms with E-state index in [2.05, 4.69) is 15.3 Å². The van der Waals surface area contributed by atoms with Gasteiger partial charge in [-0.2, -0.15) is 18.2 Å². The van der Waals surface area contributed by atoms with Crippen LogP contribution in [-0.4, -0.2) is 29.0 Å². The zero-order valence-corrected chi connectivity index (χ0v) is 18.2. The van der Waals surface area contributed by atoms with Crippen LogP contribution in [0.1, 0.15) is 27.0 Å². The molecule has 0 bridgehead atoms. The van der Waals surface area contributed by atoms with Gasteiger partial charge in [0, 0.05) is 30.1 Å². The molecule has 0 unspecified atom stereocenters. The van der Waals surface area contributed by atoms with E-state index < -0.39 is 17.6 Å². The van der Waals surface area contributed by atoms with E-state index in [9.17, 15) is 22.8 Å². The van der Waals surface area contributed by atoms with Crippen LogP contribution >= 0.6 is 11.6 Å². The molecule has 11 heteroatoms. The van der Waals surface area contributed by atoms with Crippen LogP contribution in [0.4, 0.5) is 35.2 Å². The molecular weight excluding hydrogens is 459 g/mol. The van der Waals surface area contributed by atoms with Crippen molar-refractivity contribution in [3.05, 3.63) is 76.2 Å². The first-order valence-electron chi connectivity index (χ1n) is 9.70. The summed E-state index contributed by atoms with van der Waals surface area (Å²) in [5.74, 6) is -0.297. The Morgan fingerprint density at radius 1 is 1.18 bits per heavy atom. The fourth-order valence-corrected chi connectivity index (χ4v) is 3.62. The third-order valence-electron chi connectivity index (χ3n) is 5.19. The summed E-state index contributed by atoms with van der Waals surface area (Å²) in [5, 5.41) is 2.62. The summed E-state index contributed by atoms with van der Waals surface area (Å²) in [7, 11) is 1.56. The lowest BCUT2D eigenvalue weighted by Gasteiger charge is -2.34.